The van der Waals surface area contributed by atoms with Gasteiger partial charge in [0, 0.05) is 0 Å². The Bertz CT molecular complexity index is 99.8. The van der Waals surface area contributed by atoms with Gasteiger partial charge in [-0.25, -0.2) is 0 Å². The molecule has 0 radical (unpaired) electrons. The Balaban J connectivity index is 1.96. The average Bonchev–Trinajstić information content (AvgIpc) is 2.41. The predicted molar refractivity (Wildman–Crippen MR) is 39.0 cm³/mol. The Labute approximate surface area is 62.2 Å². The van der Waals surface area contributed by atoms with E-state index < -0.39 is 0 Å². The Morgan fingerprint density at radius 2 is 2.10 bits per heavy atom. The van der Waals surface area contributed by atoms with Crippen molar-refractivity contribution in [2.24, 2.45) is 5.92 Å². The van der Waals surface area contributed by atoms with Gasteiger partial charge in [0.15, 0.2) is 0 Å². The van der Waals surface area contributed by atoms with Crippen molar-refractivity contribution in [2.75, 3.05) is 6.61 Å². The molecule has 1 fully saturated rings. The molecule has 3 heteroatoms. The second-order valence-electron chi connectivity index (χ2n) is 2.91. The zero-order valence-electron chi connectivity index (χ0n) is 6.21. The molecule has 0 bridgehead atoms. The maximum absolute atomic E-state index is 9.76. The van der Waals surface area contributed by atoms with Gasteiger partial charge >= 0.3 is 61.3 Å². The number of hydrogen-bond donors (Lipinski definition) is 0. The first-order chi connectivity index (χ1) is 4.93. The molecule has 0 aromatic carbocycles. The zero-order chi connectivity index (χ0) is 7.23. The van der Waals surface area contributed by atoms with Crippen molar-refractivity contribution in [3.05, 3.63) is 0 Å². The van der Waals surface area contributed by atoms with Crippen molar-refractivity contribution in [3.8, 4) is 0 Å². The summed E-state index contributed by atoms with van der Waals surface area (Å²) in [5, 5.41) is 0. The first-order valence-electron chi connectivity index (χ1n) is 3.98. The molecule has 10 heavy (non-hydrogen) atoms. The summed E-state index contributed by atoms with van der Waals surface area (Å²) in [5.41, 5.74) is 0. The quantitative estimate of drug-likeness (QED) is 0.437. The van der Waals surface area contributed by atoms with E-state index in [0.29, 0.717) is 14.0 Å². The van der Waals surface area contributed by atoms with Crippen LogP contribution in [0.3, 0.4) is 0 Å². The van der Waals surface area contributed by atoms with E-state index >= 15 is 0 Å². The molecule has 1 aliphatic rings. The monoisotopic (exact) mass is 140 g/mol. The van der Waals surface area contributed by atoms with Gasteiger partial charge in [-0.3, -0.25) is 0 Å². The molecule has 0 heterocycles. The van der Waals surface area contributed by atoms with E-state index in [-0.39, 0.29) is 0 Å². The summed E-state index contributed by atoms with van der Waals surface area (Å²) >= 11 is 0. The van der Waals surface area contributed by atoms with Crippen LogP contribution in [-0.2, 0) is 9.36 Å². The summed E-state index contributed by atoms with van der Waals surface area (Å²) in [4.78, 5) is 0. The fourth-order valence-corrected chi connectivity index (χ4v) is 1.58. The Morgan fingerprint density at radius 3 is 2.70 bits per heavy atom. The van der Waals surface area contributed by atoms with E-state index in [9.17, 15) is 4.70 Å². The molecule has 0 aliphatic heterocycles. The summed E-state index contributed by atoms with van der Waals surface area (Å²) in [6.07, 6.45) is 6.47. The molecule has 0 amide bonds. The second-order valence-corrected chi connectivity index (χ2v) is 2.91. The molecule has 1 saturated carbocycles. The van der Waals surface area contributed by atoms with Crippen LogP contribution in [0, 0.1) is 5.92 Å². The van der Waals surface area contributed by atoms with Crippen LogP contribution in [-0.4, -0.2) is 14.0 Å². The molecule has 0 spiro atoms. The minimum absolute atomic E-state index is 0.537. The Hall–Kier alpha value is -0.335. The van der Waals surface area contributed by atoms with Gasteiger partial charge < -0.3 is 0 Å². The average molecular weight is 140 g/mol. The van der Waals surface area contributed by atoms with E-state index in [0.717, 1.165) is 12.3 Å². The standard InChI is InChI=1S/C7H13BO2/c9-8-10-6-5-7-3-1-2-4-7/h7H,1-6H2. The molecule has 0 unspecified atom stereocenters. The fourth-order valence-electron chi connectivity index (χ4n) is 1.58. The van der Waals surface area contributed by atoms with Crippen LogP contribution in [0.4, 0.5) is 0 Å². The van der Waals surface area contributed by atoms with Crippen LogP contribution in [0.15, 0.2) is 0 Å². The molecule has 2 nitrogen and oxygen atoms in total. The number of rotatable bonds is 4. The summed E-state index contributed by atoms with van der Waals surface area (Å²) in [6.45, 7) is 0.619. The van der Waals surface area contributed by atoms with Crippen molar-refractivity contribution < 1.29 is 9.36 Å². The first-order valence-corrected chi connectivity index (χ1v) is 3.98. The molecule has 0 N–H and O–H groups in total. The molecular weight excluding hydrogens is 127 g/mol. The summed E-state index contributed by atoms with van der Waals surface area (Å²) < 4.78 is 14.4. The third kappa shape index (κ3) is 2.50. The van der Waals surface area contributed by atoms with Gasteiger partial charge in [-0.2, -0.15) is 0 Å². The first kappa shape index (κ1) is 7.77. The van der Waals surface area contributed by atoms with Crippen LogP contribution in [0.25, 0.3) is 0 Å². The third-order valence-corrected chi connectivity index (χ3v) is 2.19. The molecule has 0 saturated heterocycles. The van der Waals surface area contributed by atoms with Gasteiger partial charge in [-0.15, -0.1) is 0 Å². The zero-order valence-corrected chi connectivity index (χ0v) is 6.21. The Morgan fingerprint density at radius 1 is 1.40 bits per heavy atom. The van der Waals surface area contributed by atoms with E-state index in [1.807, 2.05) is 0 Å². The number of hydrogen-bond acceptors (Lipinski definition) is 2. The molecule has 0 aromatic heterocycles. The van der Waals surface area contributed by atoms with E-state index in [4.69, 9.17) is 0 Å². The normalized spacial score (nSPS) is 18.8. The fraction of sp³-hybridized carbons (Fsp3) is 1.00. The van der Waals surface area contributed by atoms with Crippen LogP contribution in [0.2, 0.25) is 0 Å². The summed E-state index contributed by atoms with van der Waals surface area (Å²) in [7, 11) is 0.537. The molecule has 56 valence electrons. The van der Waals surface area contributed by atoms with Gasteiger partial charge in [-0.1, -0.05) is 0 Å². The summed E-state index contributed by atoms with van der Waals surface area (Å²) in [6, 6.07) is 0. The maximum atomic E-state index is 9.76. The van der Waals surface area contributed by atoms with Gasteiger partial charge in [0.2, 0.25) is 0 Å². The molecule has 0 atom stereocenters. The van der Waals surface area contributed by atoms with Crippen LogP contribution < -0.4 is 0 Å². The van der Waals surface area contributed by atoms with E-state index in [1.54, 1.807) is 0 Å². The van der Waals surface area contributed by atoms with Crippen LogP contribution >= 0.6 is 0 Å². The topological polar surface area (TPSA) is 26.3 Å². The van der Waals surface area contributed by atoms with Crippen molar-refractivity contribution in [2.45, 2.75) is 32.1 Å². The van der Waals surface area contributed by atoms with Crippen molar-refractivity contribution in [3.63, 3.8) is 0 Å². The predicted octanol–water partition coefficient (Wildman–Crippen LogP) is 1.55. The molecule has 0 aromatic rings. The Kier molecular flexibility index (Phi) is 3.48. The molecule has 1 aliphatic carbocycles. The van der Waals surface area contributed by atoms with Crippen molar-refractivity contribution >= 4 is 7.35 Å². The summed E-state index contributed by atoms with van der Waals surface area (Å²) in [5.74, 6) is 0.833. The SMILES string of the molecule is O=BOCCC1CCCC1. The van der Waals surface area contributed by atoms with Crippen molar-refractivity contribution in [1.82, 2.24) is 0 Å². The molecule has 1 rings (SSSR count). The van der Waals surface area contributed by atoms with Crippen LogP contribution in [0.5, 0.6) is 0 Å². The second kappa shape index (κ2) is 4.48. The van der Waals surface area contributed by atoms with Gasteiger partial charge in [0.1, 0.15) is 0 Å². The van der Waals surface area contributed by atoms with Crippen molar-refractivity contribution in [1.29, 1.82) is 0 Å². The van der Waals surface area contributed by atoms with Gasteiger partial charge in [-0.05, 0) is 0 Å². The van der Waals surface area contributed by atoms with Gasteiger partial charge in [0.05, 0.1) is 0 Å². The van der Waals surface area contributed by atoms with E-state index in [2.05, 4.69) is 4.65 Å². The molecular formula is C7H13BO2. The minimum atomic E-state index is 0.537. The third-order valence-electron chi connectivity index (χ3n) is 2.19. The van der Waals surface area contributed by atoms with E-state index in [1.165, 1.54) is 25.7 Å². The van der Waals surface area contributed by atoms with Crippen LogP contribution in [0.1, 0.15) is 32.1 Å². The van der Waals surface area contributed by atoms with Gasteiger partial charge in [0.25, 0.3) is 0 Å².